The lowest BCUT2D eigenvalue weighted by Gasteiger charge is -2.25. The molecule has 1 aliphatic heterocycles. The van der Waals surface area contributed by atoms with E-state index in [9.17, 15) is 0 Å². The number of pyridine rings is 2. The Morgan fingerprint density at radius 1 is 1.27 bits per heavy atom. The Morgan fingerprint density at radius 3 is 2.95 bits per heavy atom. The quantitative estimate of drug-likeness (QED) is 0.673. The lowest BCUT2D eigenvalue weighted by molar-refractivity contribution is 0.479. The van der Waals surface area contributed by atoms with Crippen molar-refractivity contribution in [2.24, 2.45) is 0 Å². The summed E-state index contributed by atoms with van der Waals surface area (Å²) < 4.78 is 0. The van der Waals surface area contributed by atoms with E-state index in [1.807, 2.05) is 12.1 Å². The number of rotatable bonds is 2. The molecule has 1 fully saturated rings. The molecule has 6 nitrogen and oxygen atoms in total. The van der Waals surface area contributed by atoms with Gasteiger partial charge in [0, 0.05) is 28.7 Å². The van der Waals surface area contributed by atoms with Gasteiger partial charge in [0.1, 0.15) is 17.4 Å². The number of H-pyrrole nitrogens is 1. The predicted molar refractivity (Wildman–Crippen MR) is 85.6 cm³/mol. The molecule has 110 valence electrons. The van der Waals surface area contributed by atoms with Gasteiger partial charge in [0.15, 0.2) is 0 Å². The minimum absolute atomic E-state index is 0.421. The maximum Gasteiger partial charge on any atom is 0.141 e. The Labute approximate surface area is 127 Å². The Bertz CT molecular complexity index is 869. The fraction of sp³-hybridized carbons (Fsp3) is 0.312. The van der Waals surface area contributed by atoms with Crippen molar-refractivity contribution in [2.45, 2.75) is 18.9 Å². The van der Waals surface area contributed by atoms with Gasteiger partial charge in [-0.25, -0.2) is 9.97 Å². The van der Waals surface area contributed by atoms with Crippen LogP contribution in [0.2, 0.25) is 0 Å². The summed E-state index contributed by atoms with van der Waals surface area (Å²) in [7, 11) is 0. The zero-order valence-electron chi connectivity index (χ0n) is 12.1. The normalized spacial score (nSPS) is 16.0. The number of nitrogens with zero attached hydrogens (tertiary/aromatic N) is 3. The number of nitrogens with one attached hydrogen (secondary N) is 3. The minimum Gasteiger partial charge on any atom is -0.382 e. The Morgan fingerprint density at radius 2 is 2.14 bits per heavy atom. The zero-order valence-corrected chi connectivity index (χ0v) is 12.1. The first-order valence-electron chi connectivity index (χ1n) is 7.49. The highest BCUT2D eigenvalue weighted by atomic mass is 15.0. The lowest BCUT2D eigenvalue weighted by atomic mass is 10.1. The largest absolute Gasteiger partial charge is 0.382 e. The summed E-state index contributed by atoms with van der Waals surface area (Å²) in [6, 6.07) is 6.39. The number of nitriles is 1. The highest BCUT2D eigenvalue weighted by Gasteiger charge is 2.16. The molecule has 0 radical (unpaired) electrons. The molecule has 0 spiro atoms. The predicted octanol–water partition coefficient (Wildman–Crippen LogP) is 2.15. The smallest absolute Gasteiger partial charge is 0.141 e. The average molecular weight is 292 g/mol. The summed E-state index contributed by atoms with van der Waals surface area (Å²) >= 11 is 0. The second-order valence-electron chi connectivity index (χ2n) is 5.60. The maximum absolute atomic E-state index is 9.08. The highest BCUT2D eigenvalue weighted by molar-refractivity contribution is 6.12. The second kappa shape index (κ2) is 5.28. The van der Waals surface area contributed by atoms with Gasteiger partial charge in [0.25, 0.3) is 0 Å². The molecule has 4 rings (SSSR count). The average Bonchev–Trinajstić information content (AvgIpc) is 2.94. The van der Waals surface area contributed by atoms with E-state index in [0.717, 1.165) is 53.6 Å². The third-order valence-electron chi connectivity index (χ3n) is 4.19. The minimum atomic E-state index is 0.421. The molecule has 3 aromatic heterocycles. The molecule has 3 N–H and O–H groups in total. The Balaban J connectivity index is 1.85. The zero-order chi connectivity index (χ0) is 14.9. The van der Waals surface area contributed by atoms with Crippen LogP contribution in [0.15, 0.2) is 24.5 Å². The van der Waals surface area contributed by atoms with Crippen LogP contribution < -0.4 is 10.6 Å². The van der Waals surface area contributed by atoms with Crippen molar-refractivity contribution in [3.8, 4) is 6.07 Å². The molecule has 0 aromatic carbocycles. The van der Waals surface area contributed by atoms with Crippen molar-refractivity contribution in [3.05, 3.63) is 30.2 Å². The van der Waals surface area contributed by atoms with Crippen molar-refractivity contribution in [2.75, 3.05) is 18.4 Å². The van der Waals surface area contributed by atoms with Gasteiger partial charge in [-0.2, -0.15) is 5.26 Å². The number of aromatic amines is 1. The number of piperidine rings is 1. The van der Waals surface area contributed by atoms with Gasteiger partial charge >= 0.3 is 0 Å². The molecule has 22 heavy (non-hydrogen) atoms. The van der Waals surface area contributed by atoms with E-state index in [1.165, 1.54) is 0 Å². The molecule has 3 aromatic rings. The standard InChI is InChI=1S/C16H16N6/c17-8-11-7-12-14(9-20-11)22-16-15(12)13(3-6-19-16)21-10-1-4-18-5-2-10/h3,6-7,9-10,18H,1-2,4-5H2,(H2,19,21,22). The SMILES string of the molecule is N#Cc1cc2c(cn1)[nH]c1nccc(NC3CCNCC3)c12. The van der Waals surface area contributed by atoms with E-state index in [1.54, 1.807) is 12.4 Å². The van der Waals surface area contributed by atoms with Crippen molar-refractivity contribution in [1.82, 2.24) is 20.3 Å². The van der Waals surface area contributed by atoms with Gasteiger partial charge in [-0.3, -0.25) is 0 Å². The van der Waals surface area contributed by atoms with Gasteiger partial charge < -0.3 is 15.6 Å². The lowest BCUT2D eigenvalue weighted by Crippen LogP contribution is -2.35. The number of aromatic nitrogens is 3. The summed E-state index contributed by atoms with van der Waals surface area (Å²) in [5.74, 6) is 0. The molecule has 0 atom stereocenters. The van der Waals surface area contributed by atoms with Crippen LogP contribution in [-0.2, 0) is 0 Å². The summed E-state index contributed by atoms with van der Waals surface area (Å²) in [6.45, 7) is 2.09. The first-order valence-corrected chi connectivity index (χ1v) is 7.49. The van der Waals surface area contributed by atoms with Crippen LogP contribution in [-0.4, -0.2) is 34.1 Å². The first kappa shape index (κ1) is 13.0. The third-order valence-corrected chi connectivity index (χ3v) is 4.19. The van der Waals surface area contributed by atoms with Gasteiger partial charge in [0.05, 0.1) is 11.7 Å². The van der Waals surface area contributed by atoms with Crippen molar-refractivity contribution in [1.29, 1.82) is 5.26 Å². The summed E-state index contributed by atoms with van der Waals surface area (Å²) in [5.41, 5.74) is 3.22. The molecule has 1 aliphatic rings. The van der Waals surface area contributed by atoms with Gasteiger partial charge in [0.2, 0.25) is 0 Å². The summed E-state index contributed by atoms with van der Waals surface area (Å²) in [5, 5.41) is 18.1. The second-order valence-corrected chi connectivity index (χ2v) is 5.60. The topological polar surface area (TPSA) is 89.4 Å². The van der Waals surface area contributed by atoms with Crippen LogP contribution >= 0.6 is 0 Å². The van der Waals surface area contributed by atoms with Crippen LogP contribution in [0.4, 0.5) is 5.69 Å². The molecule has 4 heterocycles. The monoisotopic (exact) mass is 292 g/mol. The van der Waals surface area contributed by atoms with E-state index in [-0.39, 0.29) is 0 Å². The fourth-order valence-corrected chi connectivity index (χ4v) is 3.09. The molecule has 6 heteroatoms. The van der Waals surface area contributed by atoms with E-state index in [0.29, 0.717) is 11.7 Å². The van der Waals surface area contributed by atoms with Crippen LogP contribution in [0.5, 0.6) is 0 Å². The molecule has 0 amide bonds. The number of fused-ring (bicyclic) bond motifs is 3. The van der Waals surface area contributed by atoms with E-state index in [2.05, 4.69) is 31.7 Å². The highest BCUT2D eigenvalue weighted by Crippen LogP contribution is 2.31. The fourth-order valence-electron chi connectivity index (χ4n) is 3.09. The Hall–Kier alpha value is -2.65. The summed E-state index contributed by atoms with van der Waals surface area (Å²) in [6.07, 6.45) is 5.72. The van der Waals surface area contributed by atoms with Crippen LogP contribution in [0.1, 0.15) is 18.5 Å². The van der Waals surface area contributed by atoms with Crippen LogP contribution in [0, 0.1) is 11.3 Å². The molecular weight excluding hydrogens is 276 g/mol. The van der Waals surface area contributed by atoms with Crippen molar-refractivity contribution >= 4 is 27.6 Å². The van der Waals surface area contributed by atoms with E-state index in [4.69, 9.17) is 5.26 Å². The van der Waals surface area contributed by atoms with Crippen LogP contribution in [0.3, 0.4) is 0 Å². The third kappa shape index (κ3) is 2.16. The van der Waals surface area contributed by atoms with Gasteiger partial charge in [-0.15, -0.1) is 0 Å². The molecule has 0 unspecified atom stereocenters. The molecule has 0 aliphatic carbocycles. The number of anilines is 1. The van der Waals surface area contributed by atoms with Gasteiger partial charge in [-0.1, -0.05) is 0 Å². The first-order chi connectivity index (χ1) is 10.8. The number of hydrogen-bond acceptors (Lipinski definition) is 5. The Kier molecular flexibility index (Phi) is 3.13. The van der Waals surface area contributed by atoms with Crippen molar-refractivity contribution < 1.29 is 0 Å². The molecule has 1 saturated heterocycles. The number of hydrogen-bond donors (Lipinski definition) is 3. The maximum atomic E-state index is 9.08. The van der Waals surface area contributed by atoms with Gasteiger partial charge in [-0.05, 0) is 38.1 Å². The molecular formula is C16H16N6. The molecule has 0 bridgehead atoms. The van der Waals surface area contributed by atoms with Crippen molar-refractivity contribution in [3.63, 3.8) is 0 Å². The summed E-state index contributed by atoms with van der Waals surface area (Å²) in [4.78, 5) is 11.8. The van der Waals surface area contributed by atoms with E-state index < -0.39 is 0 Å². The van der Waals surface area contributed by atoms with E-state index >= 15 is 0 Å². The van der Waals surface area contributed by atoms with Crippen LogP contribution in [0.25, 0.3) is 21.9 Å². The molecule has 0 saturated carbocycles.